The number of aromatic amines is 1. The lowest BCUT2D eigenvalue weighted by Crippen LogP contribution is -2.21. The van der Waals surface area contributed by atoms with Gasteiger partial charge >= 0.3 is 0 Å². The van der Waals surface area contributed by atoms with Crippen molar-refractivity contribution in [3.05, 3.63) is 28.5 Å². The van der Waals surface area contributed by atoms with E-state index in [-0.39, 0.29) is 11.5 Å². The Morgan fingerprint density at radius 1 is 1.39 bits per heavy atom. The molecule has 0 fully saturated rings. The summed E-state index contributed by atoms with van der Waals surface area (Å²) in [6, 6.07) is 8.16. The normalized spacial score (nSPS) is 13.5. The summed E-state index contributed by atoms with van der Waals surface area (Å²) in [6.45, 7) is 8.72. The molecule has 94 valence electrons. The van der Waals surface area contributed by atoms with Gasteiger partial charge in [0.05, 0.1) is 16.6 Å². The molecule has 4 heteroatoms. The Labute approximate surface area is 112 Å². The number of hydrogen-bond acceptors (Lipinski definition) is 2. The standard InChI is InChI=1S/C14H17N3S/c1-9(14(2,3)4)17-11-7-5-6-10(8-15)12(11)16-13(17)18/h5-7,9H,1-4H3,(H,16,18). The van der Waals surface area contributed by atoms with Crippen molar-refractivity contribution in [2.45, 2.75) is 33.7 Å². The number of fused-ring (bicyclic) bond motifs is 1. The topological polar surface area (TPSA) is 44.5 Å². The SMILES string of the molecule is CC(n1c(=S)[nH]c2c(C#N)cccc21)C(C)(C)C. The summed E-state index contributed by atoms with van der Waals surface area (Å²) < 4.78 is 2.78. The fraction of sp³-hybridized carbons (Fsp3) is 0.429. The maximum Gasteiger partial charge on any atom is 0.178 e. The number of nitrogens with zero attached hydrogens (tertiary/aromatic N) is 2. The van der Waals surface area contributed by atoms with Crippen molar-refractivity contribution in [3.8, 4) is 6.07 Å². The number of nitriles is 1. The van der Waals surface area contributed by atoms with Gasteiger partial charge in [0.1, 0.15) is 6.07 Å². The second-order valence-corrected chi connectivity index (χ2v) is 6.04. The van der Waals surface area contributed by atoms with E-state index in [9.17, 15) is 0 Å². The van der Waals surface area contributed by atoms with Crippen LogP contribution < -0.4 is 0 Å². The third-order valence-electron chi connectivity index (χ3n) is 3.51. The third-order valence-corrected chi connectivity index (χ3v) is 3.81. The molecule has 0 aliphatic rings. The number of H-pyrrole nitrogens is 1. The van der Waals surface area contributed by atoms with Gasteiger partial charge in [0.15, 0.2) is 4.77 Å². The number of aromatic nitrogens is 2. The molecule has 18 heavy (non-hydrogen) atoms. The van der Waals surface area contributed by atoms with Crippen LogP contribution in [-0.2, 0) is 0 Å². The monoisotopic (exact) mass is 259 g/mol. The molecule has 2 aromatic rings. The van der Waals surface area contributed by atoms with Gasteiger partial charge in [-0.1, -0.05) is 26.8 Å². The molecule has 1 unspecified atom stereocenters. The predicted molar refractivity (Wildman–Crippen MR) is 76.0 cm³/mol. The van der Waals surface area contributed by atoms with E-state index in [0.29, 0.717) is 10.3 Å². The molecule has 0 saturated carbocycles. The van der Waals surface area contributed by atoms with Gasteiger partial charge in [0.2, 0.25) is 0 Å². The Balaban J connectivity index is 2.78. The summed E-state index contributed by atoms with van der Waals surface area (Å²) in [6.07, 6.45) is 0. The molecule has 0 amide bonds. The summed E-state index contributed by atoms with van der Waals surface area (Å²) in [5.41, 5.74) is 2.58. The highest BCUT2D eigenvalue weighted by molar-refractivity contribution is 7.71. The predicted octanol–water partition coefficient (Wildman–Crippen LogP) is 4.18. The third kappa shape index (κ3) is 1.95. The molecule has 3 nitrogen and oxygen atoms in total. The van der Waals surface area contributed by atoms with Gasteiger partial charge in [-0.25, -0.2) is 0 Å². The highest BCUT2D eigenvalue weighted by Crippen LogP contribution is 2.33. The van der Waals surface area contributed by atoms with Crippen molar-refractivity contribution in [2.24, 2.45) is 5.41 Å². The molecule has 2 rings (SSSR count). The molecular weight excluding hydrogens is 242 g/mol. The molecule has 0 aliphatic heterocycles. The Morgan fingerprint density at radius 2 is 2.06 bits per heavy atom. The number of imidazole rings is 1. The molecule has 0 aliphatic carbocycles. The maximum absolute atomic E-state index is 9.12. The number of para-hydroxylation sites is 1. The van der Waals surface area contributed by atoms with E-state index in [1.807, 2.05) is 12.1 Å². The van der Waals surface area contributed by atoms with Crippen molar-refractivity contribution in [1.29, 1.82) is 5.26 Å². The van der Waals surface area contributed by atoms with Gasteiger partial charge < -0.3 is 9.55 Å². The van der Waals surface area contributed by atoms with Crippen molar-refractivity contribution < 1.29 is 0 Å². The van der Waals surface area contributed by atoms with Crippen LogP contribution in [0, 0.1) is 21.5 Å². The van der Waals surface area contributed by atoms with E-state index < -0.39 is 0 Å². The van der Waals surface area contributed by atoms with Crippen LogP contribution in [0.15, 0.2) is 18.2 Å². The average Bonchev–Trinajstić information content (AvgIpc) is 2.62. The van der Waals surface area contributed by atoms with Gasteiger partial charge in [0, 0.05) is 6.04 Å². The van der Waals surface area contributed by atoms with E-state index in [0.717, 1.165) is 11.0 Å². The molecule has 1 aromatic carbocycles. The Kier molecular flexibility index (Phi) is 3.04. The minimum absolute atomic E-state index is 0.107. The lowest BCUT2D eigenvalue weighted by Gasteiger charge is -2.29. The number of rotatable bonds is 1. The molecule has 0 radical (unpaired) electrons. The van der Waals surface area contributed by atoms with E-state index in [4.69, 9.17) is 17.5 Å². The lowest BCUT2D eigenvalue weighted by molar-refractivity contribution is 0.265. The molecule has 0 bridgehead atoms. The van der Waals surface area contributed by atoms with Gasteiger partial charge in [-0.2, -0.15) is 5.26 Å². The fourth-order valence-corrected chi connectivity index (χ4v) is 2.37. The van der Waals surface area contributed by atoms with Gasteiger partial charge in [-0.05, 0) is 36.7 Å². The first kappa shape index (κ1) is 12.8. The highest BCUT2D eigenvalue weighted by atomic mass is 32.1. The minimum atomic E-state index is 0.107. The molecule has 0 spiro atoms. The van der Waals surface area contributed by atoms with Crippen LogP contribution >= 0.6 is 12.2 Å². The molecule has 1 N–H and O–H groups in total. The van der Waals surface area contributed by atoms with Crippen LogP contribution in [0.2, 0.25) is 0 Å². The van der Waals surface area contributed by atoms with Crippen LogP contribution in [0.5, 0.6) is 0 Å². The van der Waals surface area contributed by atoms with Crippen LogP contribution in [0.25, 0.3) is 11.0 Å². The number of nitrogens with one attached hydrogen (secondary N) is 1. The number of hydrogen-bond donors (Lipinski definition) is 1. The largest absolute Gasteiger partial charge is 0.329 e. The molecule has 0 saturated heterocycles. The van der Waals surface area contributed by atoms with Crippen LogP contribution in [0.1, 0.15) is 39.3 Å². The van der Waals surface area contributed by atoms with Crippen molar-refractivity contribution in [3.63, 3.8) is 0 Å². The molecular formula is C14H17N3S. The van der Waals surface area contributed by atoms with Gasteiger partial charge in [0.25, 0.3) is 0 Å². The van der Waals surface area contributed by atoms with Crippen LogP contribution in [0.3, 0.4) is 0 Å². The minimum Gasteiger partial charge on any atom is -0.329 e. The van der Waals surface area contributed by atoms with Crippen molar-refractivity contribution in [1.82, 2.24) is 9.55 Å². The first-order chi connectivity index (χ1) is 8.36. The van der Waals surface area contributed by atoms with Gasteiger partial charge in [-0.3, -0.25) is 0 Å². The van der Waals surface area contributed by atoms with E-state index >= 15 is 0 Å². The van der Waals surface area contributed by atoms with Crippen molar-refractivity contribution in [2.75, 3.05) is 0 Å². The first-order valence-corrected chi connectivity index (χ1v) is 6.40. The fourth-order valence-electron chi connectivity index (χ4n) is 2.01. The molecule has 1 heterocycles. The van der Waals surface area contributed by atoms with E-state index in [1.54, 1.807) is 6.07 Å². The summed E-state index contributed by atoms with van der Waals surface area (Å²) >= 11 is 5.40. The van der Waals surface area contributed by atoms with Crippen molar-refractivity contribution >= 4 is 23.3 Å². The van der Waals surface area contributed by atoms with Crippen LogP contribution in [0.4, 0.5) is 0 Å². The second kappa shape index (κ2) is 4.25. The zero-order valence-corrected chi connectivity index (χ0v) is 11.9. The molecule has 1 aromatic heterocycles. The highest BCUT2D eigenvalue weighted by Gasteiger charge is 2.24. The quantitative estimate of drug-likeness (QED) is 0.781. The summed E-state index contributed by atoms with van der Waals surface area (Å²) in [5.74, 6) is 0. The van der Waals surface area contributed by atoms with Crippen LogP contribution in [-0.4, -0.2) is 9.55 Å². The number of benzene rings is 1. The summed E-state index contributed by atoms with van der Waals surface area (Å²) in [5, 5.41) is 9.12. The Bertz CT molecular complexity index is 680. The molecule has 1 atom stereocenters. The maximum atomic E-state index is 9.12. The first-order valence-electron chi connectivity index (χ1n) is 5.99. The van der Waals surface area contributed by atoms with E-state index in [2.05, 4.69) is 43.3 Å². The second-order valence-electron chi connectivity index (χ2n) is 5.65. The summed E-state index contributed by atoms with van der Waals surface area (Å²) in [4.78, 5) is 3.15. The summed E-state index contributed by atoms with van der Waals surface area (Å²) in [7, 11) is 0. The lowest BCUT2D eigenvalue weighted by atomic mass is 9.88. The Morgan fingerprint density at radius 3 is 2.61 bits per heavy atom. The Hall–Kier alpha value is -1.60. The smallest absolute Gasteiger partial charge is 0.178 e. The zero-order valence-electron chi connectivity index (χ0n) is 11.1. The average molecular weight is 259 g/mol. The van der Waals surface area contributed by atoms with E-state index in [1.165, 1.54) is 0 Å². The zero-order chi connectivity index (χ0) is 13.5. The van der Waals surface area contributed by atoms with Gasteiger partial charge in [-0.15, -0.1) is 0 Å².